The van der Waals surface area contributed by atoms with Crippen LogP contribution in [0, 0.1) is 12.3 Å². The number of rotatable bonds is 4. The van der Waals surface area contributed by atoms with Crippen LogP contribution >= 0.6 is 0 Å². The molecular weight excluding hydrogens is 234 g/mol. The zero-order valence-corrected chi connectivity index (χ0v) is 10.8. The number of nitrogens with zero attached hydrogens (tertiary/aromatic N) is 3. The Morgan fingerprint density at radius 3 is 2.89 bits per heavy atom. The summed E-state index contributed by atoms with van der Waals surface area (Å²) < 4.78 is 5.34. The number of hydrogen-bond acceptors (Lipinski definition) is 5. The zero-order valence-electron chi connectivity index (χ0n) is 10.8. The van der Waals surface area contributed by atoms with E-state index in [4.69, 9.17) is 4.42 Å². The molecule has 1 fully saturated rings. The summed E-state index contributed by atoms with van der Waals surface area (Å²) in [7, 11) is 0. The van der Waals surface area contributed by atoms with Crippen LogP contribution in [0.4, 0.5) is 0 Å². The molecule has 1 aromatic rings. The van der Waals surface area contributed by atoms with Gasteiger partial charge in [-0.1, -0.05) is 6.92 Å². The highest BCUT2D eigenvalue weighted by atomic mass is 16.4. The number of carboxylic acids is 1. The fourth-order valence-corrected chi connectivity index (χ4v) is 2.57. The van der Waals surface area contributed by atoms with Crippen LogP contribution < -0.4 is 0 Å². The third-order valence-corrected chi connectivity index (χ3v) is 3.71. The second-order valence-corrected chi connectivity index (χ2v) is 4.97. The van der Waals surface area contributed by atoms with Crippen LogP contribution in [-0.4, -0.2) is 39.3 Å². The summed E-state index contributed by atoms with van der Waals surface area (Å²) in [5.41, 5.74) is -0.618. The third kappa shape index (κ3) is 2.53. The molecule has 1 aliphatic rings. The molecule has 0 spiro atoms. The van der Waals surface area contributed by atoms with Crippen LogP contribution in [0.3, 0.4) is 0 Å². The minimum atomic E-state index is -0.698. The molecule has 18 heavy (non-hydrogen) atoms. The molecule has 6 nitrogen and oxygen atoms in total. The Kier molecular flexibility index (Phi) is 3.65. The molecule has 2 heterocycles. The molecule has 1 unspecified atom stereocenters. The smallest absolute Gasteiger partial charge is 0.310 e. The summed E-state index contributed by atoms with van der Waals surface area (Å²) in [6.07, 6.45) is 2.30. The lowest BCUT2D eigenvalue weighted by atomic mass is 9.77. The van der Waals surface area contributed by atoms with E-state index < -0.39 is 11.4 Å². The average molecular weight is 253 g/mol. The molecule has 0 bridgehead atoms. The van der Waals surface area contributed by atoms with Crippen molar-refractivity contribution in [2.45, 2.75) is 39.7 Å². The summed E-state index contributed by atoms with van der Waals surface area (Å²) in [5.74, 6) is 0.406. The van der Waals surface area contributed by atoms with Crippen molar-refractivity contribution in [1.29, 1.82) is 0 Å². The summed E-state index contributed by atoms with van der Waals surface area (Å²) in [4.78, 5) is 13.5. The Morgan fingerprint density at radius 1 is 1.56 bits per heavy atom. The van der Waals surface area contributed by atoms with Crippen LogP contribution in [-0.2, 0) is 11.3 Å². The highest BCUT2D eigenvalue weighted by molar-refractivity contribution is 5.75. The van der Waals surface area contributed by atoms with Crippen LogP contribution in [0.25, 0.3) is 0 Å². The van der Waals surface area contributed by atoms with E-state index >= 15 is 0 Å². The van der Waals surface area contributed by atoms with Crippen molar-refractivity contribution in [3.63, 3.8) is 0 Å². The minimum absolute atomic E-state index is 0.538. The maximum atomic E-state index is 11.4. The van der Waals surface area contributed by atoms with Gasteiger partial charge in [-0.2, -0.15) is 0 Å². The molecule has 1 N–H and O–H groups in total. The topological polar surface area (TPSA) is 79.5 Å². The first kappa shape index (κ1) is 13.0. The van der Waals surface area contributed by atoms with Crippen molar-refractivity contribution in [1.82, 2.24) is 15.1 Å². The third-order valence-electron chi connectivity index (χ3n) is 3.71. The maximum absolute atomic E-state index is 11.4. The Bertz CT molecular complexity index is 432. The summed E-state index contributed by atoms with van der Waals surface area (Å²) in [6, 6.07) is 0. The van der Waals surface area contributed by atoms with Gasteiger partial charge in [0, 0.05) is 13.5 Å². The standard InChI is InChI=1S/C12H19N3O3/c1-3-12(11(16)17)5-4-6-15(8-12)7-10-14-13-9(2)18-10/h3-8H2,1-2H3,(H,16,17). The fraction of sp³-hybridized carbons (Fsp3) is 0.750. The highest BCUT2D eigenvalue weighted by Gasteiger charge is 2.40. The summed E-state index contributed by atoms with van der Waals surface area (Å²) in [5, 5.41) is 17.1. The van der Waals surface area contributed by atoms with Gasteiger partial charge < -0.3 is 9.52 Å². The number of aryl methyl sites for hydroxylation is 1. The van der Waals surface area contributed by atoms with Gasteiger partial charge in [-0.15, -0.1) is 10.2 Å². The first-order valence-corrected chi connectivity index (χ1v) is 6.30. The predicted molar refractivity (Wildman–Crippen MR) is 63.9 cm³/mol. The quantitative estimate of drug-likeness (QED) is 0.875. The second kappa shape index (κ2) is 5.06. The molecule has 0 amide bonds. The monoisotopic (exact) mass is 253 g/mol. The van der Waals surface area contributed by atoms with E-state index in [2.05, 4.69) is 15.1 Å². The van der Waals surface area contributed by atoms with Crippen LogP contribution in [0.5, 0.6) is 0 Å². The maximum Gasteiger partial charge on any atom is 0.310 e. The van der Waals surface area contributed by atoms with Crippen LogP contribution in [0.1, 0.15) is 38.0 Å². The van der Waals surface area contributed by atoms with Gasteiger partial charge >= 0.3 is 5.97 Å². The lowest BCUT2D eigenvalue weighted by Gasteiger charge is -2.38. The van der Waals surface area contributed by atoms with E-state index in [1.807, 2.05) is 6.92 Å². The van der Waals surface area contributed by atoms with Crippen molar-refractivity contribution in [3.05, 3.63) is 11.8 Å². The van der Waals surface area contributed by atoms with Crippen molar-refractivity contribution in [2.75, 3.05) is 13.1 Å². The first-order chi connectivity index (χ1) is 8.55. The number of piperidine rings is 1. The second-order valence-electron chi connectivity index (χ2n) is 4.97. The SMILES string of the molecule is CCC1(C(=O)O)CCCN(Cc2nnc(C)o2)C1. The lowest BCUT2D eigenvalue weighted by molar-refractivity contribution is -0.153. The molecule has 0 aromatic carbocycles. The van der Waals surface area contributed by atoms with Gasteiger partial charge in [0.25, 0.3) is 0 Å². The molecule has 1 aliphatic heterocycles. The number of hydrogen-bond donors (Lipinski definition) is 1. The van der Waals surface area contributed by atoms with Gasteiger partial charge in [-0.25, -0.2) is 0 Å². The highest BCUT2D eigenvalue weighted by Crippen LogP contribution is 2.34. The van der Waals surface area contributed by atoms with Crippen molar-refractivity contribution >= 4 is 5.97 Å². The molecule has 2 rings (SSSR count). The predicted octanol–water partition coefficient (Wildman–Crippen LogP) is 1.45. The average Bonchev–Trinajstić information content (AvgIpc) is 2.74. The zero-order chi connectivity index (χ0) is 13.2. The molecule has 0 saturated carbocycles. The summed E-state index contributed by atoms with van der Waals surface area (Å²) in [6.45, 7) is 5.67. The van der Waals surface area contributed by atoms with Crippen LogP contribution in [0.15, 0.2) is 4.42 Å². The molecule has 0 aliphatic carbocycles. The van der Waals surface area contributed by atoms with Gasteiger partial charge in [-0.3, -0.25) is 9.69 Å². The van der Waals surface area contributed by atoms with E-state index in [-0.39, 0.29) is 0 Å². The van der Waals surface area contributed by atoms with Gasteiger partial charge in [0.1, 0.15) is 0 Å². The first-order valence-electron chi connectivity index (χ1n) is 6.30. The normalized spacial score (nSPS) is 25.2. The van der Waals surface area contributed by atoms with Gasteiger partial charge in [-0.05, 0) is 25.8 Å². The Morgan fingerprint density at radius 2 is 2.33 bits per heavy atom. The number of carbonyl (C=O) groups is 1. The molecule has 6 heteroatoms. The molecule has 1 atom stereocenters. The molecule has 100 valence electrons. The van der Waals surface area contributed by atoms with Gasteiger partial charge in [0.2, 0.25) is 11.8 Å². The number of likely N-dealkylation sites (tertiary alicyclic amines) is 1. The molecule has 1 saturated heterocycles. The minimum Gasteiger partial charge on any atom is -0.481 e. The Labute approximate surface area is 106 Å². The van der Waals surface area contributed by atoms with E-state index in [1.165, 1.54) is 0 Å². The fourth-order valence-electron chi connectivity index (χ4n) is 2.57. The molecule has 1 aromatic heterocycles. The number of aromatic nitrogens is 2. The van der Waals surface area contributed by atoms with Gasteiger partial charge in [0.15, 0.2) is 0 Å². The van der Waals surface area contributed by atoms with E-state index in [0.717, 1.165) is 19.4 Å². The van der Waals surface area contributed by atoms with E-state index in [0.29, 0.717) is 31.3 Å². The largest absolute Gasteiger partial charge is 0.481 e. The van der Waals surface area contributed by atoms with E-state index in [9.17, 15) is 9.90 Å². The number of aliphatic carboxylic acids is 1. The van der Waals surface area contributed by atoms with Crippen molar-refractivity contribution in [2.24, 2.45) is 5.41 Å². The Hall–Kier alpha value is -1.43. The van der Waals surface area contributed by atoms with E-state index in [1.54, 1.807) is 6.92 Å². The number of carboxylic acid groups (broad SMARTS) is 1. The van der Waals surface area contributed by atoms with Crippen LogP contribution in [0.2, 0.25) is 0 Å². The van der Waals surface area contributed by atoms with Gasteiger partial charge in [0.05, 0.1) is 12.0 Å². The summed E-state index contributed by atoms with van der Waals surface area (Å²) >= 11 is 0. The van der Waals surface area contributed by atoms with Crippen molar-refractivity contribution in [3.8, 4) is 0 Å². The lowest BCUT2D eigenvalue weighted by Crippen LogP contribution is -2.47. The molecular formula is C12H19N3O3. The van der Waals surface area contributed by atoms with Crippen molar-refractivity contribution < 1.29 is 14.3 Å². The molecule has 0 radical (unpaired) electrons. The Balaban J connectivity index is 2.04.